The number of nitrogens with one attached hydrogen (secondary N) is 2. The van der Waals surface area contributed by atoms with Crippen LogP contribution in [0.1, 0.15) is 24.8 Å². The number of pyridine rings is 2. The predicted molar refractivity (Wildman–Crippen MR) is 97.4 cm³/mol. The largest absolute Gasteiger partial charge is 0.384 e. The zero-order valence-corrected chi connectivity index (χ0v) is 14.0. The molecule has 0 fully saturated rings. The summed E-state index contributed by atoms with van der Waals surface area (Å²) in [5, 5.41) is 6.43. The molecular formula is C18H18N4OS. The van der Waals surface area contributed by atoms with E-state index in [0.29, 0.717) is 29.3 Å². The van der Waals surface area contributed by atoms with E-state index in [1.54, 1.807) is 18.6 Å². The van der Waals surface area contributed by atoms with Crippen molar-refractivity contribution in [3.05, 3.63) is 65.8 Å². The van der Waals surface area contributed by atoms with Crippen LogP contribution in [0.25, 0.3) is 0 Å². The number of hydrogen-bond acceptors (Lipinski definition) is 5. The zero-order valence-electron chi connectivity index (χ0n) is 13.2. The second kappa shape index (κ2) is 7.79. The molecule has 0 atom stereocenters. The molecule has 2 N–H and O–H groups in total. The molecule has 0 radical (unpaired) electrons. The third kappa shape index (κ3) is 4.02. The van der Waals surface area contributed by atoms with Crippen molar-refractivity contribution in [2.45, 2.75) is 25.8 Å². The molecule has 0 spiro atoms. The van der Waals surface area contributed by atoms with E-state index in [9.17, 15) is 4.79 Å². The van der Waals surface area contributed by atoms with Crippen LogP contribution in [0.5, 0.6) is 0 Å². The lowest BCUT2D eigenvalue weighted by Crippen LogP contribution is -2.29. The summed E-state index contributed by atoms with van der Waals surface area (Å²) in [6.45, 7) is 0.640. The van der Waals surface area contributed by atoms with E-state index in [4.69, 9.17) is 12.2 Å². The van der Waals surface area contributed by atoms with E-state index < -0.39 is 0 Å². The van der Waals surface area contributed by atoms with Gasteiger partial charge in [-0.3, -0.25) is 9.78 Å². The second-order valence-corrected chi connectivity index (χ2v) is 5.92. The first-order valence-corrected chi connectivity index (χ1v) is 8.26. The lowest BCUT2D eigenvalue weighted by atomic mass is 9.94. The van der Waals surface area contributed by atoms with Gasteiger partial charge in [0.1, 0.15) is 10.8 Å². The molecule has 6 heteroatoms. The van der Waals surface area contributed by atoms with Crippen LogP contribution in [0, 0.1) is 0 Å². The van der Waals surface area contributed by atoms with Gasteiger partial charge in [0.15, 0.2) is 5.78 Å². The van der Waals surface area contributed by atoms with Gasteiger partial charge in [-0.05, 0) is 42.7 Å². The molecule has 5 nitrogen and oxygen atoms in total. The number of carbonyl (C=O) groups is 1. The van der Waals surface area contributed by atoms with Crippen LogP contribution in [0.15, 0.2) is 60.2 Å². The highest BCUT2D eigenvalue weighted by atomic mass is 32.1. The van der Waals surface area contributed by atoms with Gasteiger partial charge in [0.25, 0.3) is 0 Å². The first kappa shape index (κ1) is 16.3. The zero-order chi connectivity index (χ0) is 16.8. The summed E-state index contributed by atoms with van der Waals surface area (Å²) in [7, 11) is 0. The highest BCUT2D eigenvalue weighted by Crippen LogP contribution is 2.22. The molecule has 24 heavy (non-hydrogen) atoms. The average Bonchev–Trinajstić information content (AvgIpc) is 2.61. The van der Waals surface area contributed by atoms with E-state index in [1.165, 1.54) is 0 Å². The molecule has 0 aliphatic heterocycles. The Morgan fingerprint density at radius 2 is 1.96 bits per heavy atom. The summed E-state index contributed by atoms with van der Waals surface area (Å²) < 4.78 is 0. The maximum Gasteiger partial charge on any atom is 0.167 e. The van der Waals surface area contributed by atoms with Gasteiger partial charge in [-0.1, -0.05) is 18.3 Å². The maximum atomic E-state index is 12.4. The lowest BCUT2D eigenvalue weighted by Gasteiger charge is -2.22. The number of thiocarbonyl (C=S) groups is 1. The van der Waals surface area contributed by atoms with Crippen LogP contribution in [0.3, 0.4) is 0 Å². The minimum atomic E-state index is 0.0758. The number of allylic oxidation sites excluding steroid dienone is 1. The van der Waals surface area contributed by atoms with Crippen molar-refractivity contribution >= 4 is 28.8 Å². The summed E-state index contributed by atoms with van der Waals surface area (Å²) in [5.74, 6) is 0.716. The van der Waals surface area contributed by atoms with Crippen LogP contribution in [0.2, 0.25) is 0 Å². The van der Waals surface area contributed by atoms with Gasteiger partial charge in [-0.2, -0.15) is 0 Å². The molecule has 2 aromatic heterocycles. The quantitative estimate of drug-likeness (QED) is 0.817. The molecule has 0 saturated heterocycles. The van der Waals surface area contributed by atoms with Gasteiger partial charge in [-0.25, -0.2) is 4.98 Å². The van der Waals surface area contributed by atoms with Crippen molar-refractivity contribution in [2.24, 2.45) is 0 Å². The highest BCUT2D eigenvalue weighted by Gasteiger charge is 2.24. The van der Waals surface area contributed by atoms with E-state index in [2.05, 4.69) is 20.6 Å². The van der Waals surface area contributed by atoms with Crippen LogP contribution in [-0.2, 0) is 11.3 Å². The summed E-state index contributed by atoms with van der Waals surface area (Å²) >= 11 is 5.46. The monoisotopic (exact) mass is 338 g/mol. The van der Waals surface area contributed by atoms with Gasteiger partial charge in [0, 0.05) is 37.3 Å². The molecule has 1 aliphatic carbocycles. The molecule has 1 aliphatic rings. The summed E-state index contributed by atoms with van der Waals surface area (Å²) in [6.07, 6.45) is 7.38. The second-order valence-electron chi connectivity index (χ2n) is 5.51. The number of anilines is 1. The molecular weight excluding hydrogens is 320 g/mol. The fraction of sp³-hybridized carbons (Fsp3) is 0.222. The third-order valence-electron chi connectivity index (χ3n) is 3.80. The van der Waals surface area contributed by atoms with E-state index >= 15 is 0 Å². The van der Waals surface area contributed by atoms with Crippen molar-refractivity contribution < 1.29 is 4.79 Å². The Labute approximate surface area is 146 Å². The maximum absolute atomic E-state index is 12.4. The molecule has 0 amide bonds. The Morgan fingerprint density at radius 3 is 2.71 bits per heavy atom. The van der Waals surface area contributed by atoms with Crippen LogP contribution < -0.4 is 10.6 Å². The molecule has 0 saturated carbocycles. The number of Topliss-reactive ketones (excluding diaryl/α,β-unsaturated/α-hetero) is 1. The Hall–Kier alpha value is -2.60. The number of ketones is 1. The van der Waals surface area contributed by atoms with Gasteiger partial charge >= 0.3 is 0 Å². The molecule has 2 heterocycles. The number of aromatic nitrogens is 2. The highest BCUT2D eigenvalue weighted by molar-refractivity contribution is 7.81. The lowest BCUT2D eigenvalue weighted by molar-refractivity contribution is -0.115. The summed E-state index contributed by atoms with van der Waals surface area (Å²) in [5.41, 5.74) is 2.59. The third-order valence-corrected chi connectivity index (χ3v) is 4.11. The topological polar surface area (TPSA) is 66.9 Å². The molecule has 122 valence electrons. The van der Waals surface area contributed by atoms with Gasteiger partial charge in [0.2, 0.25) is 0 Å². The Morgan fingerprint density at radius 1 is 1.12 bits per heavy atom. The molecule has 3 rings (SSSR count). The van der Waals surface area contributed by atoms with Gasteiger partial charge < -0.3 is 10.6 Å². The van der Waals surface area contributed by atoms with Gasteiger partial charge in [-0.15, -0.1) is 0 Å². The van der Waals surface area contributed by atoms with Crippen molar-refractivity contribution in [3.63, 3.8) is 0 Å². The molecule has 0 bridgehead atoms. The Bertz CT molecular complexity index is 759. The van der Waals surface area contributed by atoms with Crippen molar-refractivity contribution in [3.8, 4) is 0 Å². The minimum Gasteiger partial charge on any atom is -0.384 e. The SMILES string of the molecule is O=C1CCCC(NCc2ccncc2)=C1C(=S)Nc1ccccn1. The van der Waals surface area contributed by atoms with Crippen molar-refractivity contribution in [1.29, 1.82) is 0 Å². The summed E-state index contributed by atoms with van der Waals surface area (Å²) in [6, 6.07) is 9.42. The fourth-order valence-electron chi connectivity index (χ4n) is 2.61. The summed E-state index contributed by atoms with van der Waals surface area (Å²) in [4.78, 5) is 21.0. The van der Waals surface area contributed by atoms with E-state index in [0.717, 1.165) is 24.1 Å². The van der Waals surface area contributed by atoms with Crippen molar-refractivity contribution in [2.75, 3.05) is 5.32 Å². The molecule has 0 aromatic carbocycles. The molecule has 2 aromatic rings. The van der Waals surface area contributed by atoms with Gasteiger partial charge in [0.05, 0.1) is 5.57 Å². The average molecular weight is 338 g/mol. The Balaban J connectivity index is 1.78. The molecule has 0 unspecified atom stereocenters. The number of carbonyl (C=O) groups excluding carboxylic acids is 1. The van der Waals surface area contributed by atoms with Crippen LogP contribution >= 0.6 is 12.2 Å². The normalized spacial score (nSPS) is 14.4. The number of hydrogen-bond donors (Lipinski definition) is 2. The van der Waals surface area contributed by atoms with Crippen LogP contribution in [-0.4, -0.2) is 20.7 Å². The standard InChI is InChI=1S/C18H18N4OS/c23-15-5-3-4-14(21-12-13-7-10-19-11-8-13)17(15)18(24)22-16-6-1-2-9-20-16/h1-2,6-11,21H,3-5,12H2,(H,20,22,24). The Kier molecular flexibility index (Phi) is 5.28. The number of nitrogens with zero attached hydrogens (tertiary/aromatic N) is 2. The minimum absolute atomic E-state index is 0.0758. The fourth-order valence-corrected chi connectivity index (χ4v) is 2.95. The van der Waals surface area contributed by atoms with Crippen molar-refractivity contribution in [1.82, 2.24) is 15.3 Å². The smallest absolute Gasteiger partial charge is 0.167 e. The van der Waals surface area contributed by atoms with Crippen LogP contribution in [0.4, 0.5) is 5.82 Å². The predicted octanol–water partition coefficient (Wildman–Crippen LogP) is 3.01. The number of rotatable bonds is 5. The first-order chi connectivity index (χ1) is 11.7. The first-order valence-electron chi connectivity index (χ1n) is 7.85. The van der Waals surface area contributed by atoms with E-state index in [1.807, 2.05) is 30.3 Å². The van der Waals surface area contributed by atoms with E-state index in [-0.39, 0.29) is 5.78 Å².